The van der Waals surface area contributed by atoms with Crippen molar-refractivity contribution in [2.75, 3.05) is 19.8 Å². The lowest BCUT2D eigenvalue weighted by atomic mass is 9.60. The van der Waals surface area contributed by atoms with Gasteiger partial charge < -0.3 is 24.8 Å². The number of ether oxygens (including phenoxy) is 3. The molecule has 0 spiro atoms. The van der Waals surface area contributed by atoms with Crippen LogP contribution < -0.4 is 10.6 Å². The summed E-state index contributed by atoms with van der Waals surface area (Å²) in [6, 6.07) is 9.56. The van der Waals surface area contributed by atoms with Gasteiger partial charge in [-0.1, -0.05) is 51.1 Å². The van der Waals surface area contributed by atoms with Crippen LogP contribution in [0.4, 0.5) is 9.59 Å². The second-order valence-electron chi connectivity index (χ2n) is 11.0. The molecule has 1 aromatic carbocycles. The minimum Gasteiger partial charge on any atom is -0.463 e. The van der Waals surface area contributed by atoms with Gasteiger partial charge in [0, 0.05) is 25.9 Å². The van der Waals surface area contributed by atoms with Crippen molar-refractivity contribution in [3.63, 3.8) is 0 Å². The Morgan fingerprint density at radius 2 is 1.60 bits per heavy atom. The first-order valence-corrected chi connectivity index (χ1v) is 12.5. The summed E-state index contributed by atoms with van der Waals surface area (Å²) in [6.45, 7) is 11.5. The number of hydrogen-bond acceptors (Lipinski definition) is 6. The third-order valence-electron chi connectivity index (χ3n) is 6.04. The average molecular weight is 491 g/mol. The molecule has 1 aromatic rings. The van der Waals surface area contributed by atoms with Crippen molar-refractivity contribution < 1.29 is 28.6 Å². The number of rotatable bonds is 11. The van der Waals surface area contributed by atoms with Crippen LogP contribution in [-0.2, 0) is 25.5 Å². The van der Waals surface area contributed by atoms with Gasteiger partial charge in [0.25, 0.3) is 0 Å². The summed E-state index contributed by atoms with van der Waals surface area (Å²) >= 11 is 0. The third-order valence-corrected chi connectivity index (χ3v) is 6.04. The lowest BCUT2D eigenvalue weighted by Gasteiger charge is -2.46. The number of amides is 2. The van der Waals surface area contributed by atoms with Gasteiger partial charge in [-0.05, 0) is 55.4 Å². The Bertz CT molecular complexity index is 826. The van der Waals surface area contributed by atoms with Crippen LogP contribution in [0.3, 0.4) is 0 Å². The van der Waals surface area contributed by atoms with Crippen LogP contribution in [-0.4, -0.2) is 44.0 Å². The molecule has 1 aliphatic carbocycles. The van der Waals surface area contributed by atoms with Gasteiger partial charge in [0.2, 0.25) is 0 Å². The van der Waals surface area contributed by atoms with Gasteiger partial charge in [0.15, 0.2) is 0 Å². The quantitative estimate of drug-likeness (QED) is 0.251. The zero-order valence-corrected chi connectivity index (χ0v) is 21.9. The van der Waals surface area contributed by atoms with Crippen LogP contribution >= 0.6 is 0 Å². The van der Waals surface area contributed by atoms with Crippen molar-refractivity contribution in [2.24, 2.45) is 16.7 Å². The Morgan fingerprint density at radius 3 is 2.23 bits per heavy atom. The monoisotopic (exact) mass is 490 g/mol. The Labute approximate surface area is 209 Å². The molecule has 8 heteroatoms. The fraction of sp³-hybridized carbons (Fsp3) is 0.667. The smallest absolute Gasteiger partial charge is 0.407 e. The summed E-state index contributed by atoms with van der Waals surface area (Å²) in [5.41, 5.74) is 0.921. The molecule has 196 valence electrons. The van der Waals surface area contributed by atoms with Crippen molar-refractivity contribution in [1.82, 2.24) is 10.6 Å². The zero-order chi connectivity index (χ0) is 25.9. The summed E-state index contributed by atoms with van der Waals surface area (Å²) in [4.78, 5) is 36.1. The largest absolute Gasteiger partial charge is 0.463 e. The molecule has 0 heterocycles. The third kappa shape index (κ3) is 11.5. The molecule has 2 amide bonds. The van der Waals surface area contributed by atoms with Crippen molar-refractivity contribution in [3.8, 4) is 0 Å². The van der Waals surface area contributed by atoms with E-state index in [0.29, 0.717) is 25.9 Å². The summed E-state index contributed by atoms with van der Waals surface area (Å²) in [5.74, 6) is 0.0615. The molecule has 0 saturated heterocycles. The number of hydrogen-bond donors (Lipinski definition) is 2. The Hall–Kier alpha value is -2.77. The van der Waals surface area contributed by atoms with E-state index in [9.17, 15) is 14.4 Å². The predicted molar refractivity (Wildman–Crippen MR) is 134 cm³/mol. The van der Waals surface area contributed by atoms with Gasteiger partial charge in [0.05, 0.1) is 19.3 Å². The van der Waals surface area contributed by atoms with E-state index in [1.807, 2.05) is 44.2 Å². The molecule has 0 bridgehead atoms. The second-order valence-corrected chi connectivity index (χ2v) is 11.0. The average Bonchev–Trinajstić information content (AvgIpc) is 2.75. The van der Waals surface area contributed by atoms with Crippen molar-refractivity contribution in [1.29, 1.82) is 0 Å². The first kappa shape index (κ1) is 28.5. The molecule has 0 aromatic heterocycles. The molecule has 35 heavy (non-hydrogen) atoms. The number of alkyl carbamates (subject to hydrolysis) is 2. The second kappa shape index (κ2) is 13.4. The highest BCUT2D eigenvalue weighted by Gasteiger charge is 2.42. The standard InChI is InChI=1S/C27H42N2O6/c1-20(2)35-23(30)14-22-15-26(3,4)18-27(5,16-22)19-29-25(32)34-13-9-12-33-24(31)28-17-21-10-7-6-8-11-21/h6-8,10-11,20,22H,9,12-19H2,1-5H3,(H,28,31)(H,29,32). The summed E-state index contributed by atoms with van der Waals surface area (Å²) in [7, 11) is 0. The summed E-state index contributed by atoms with van der Waals surface area (Å²) < 4.78 is 15.7. The summed E-state index contributed by atoms with van der Waals surface area (Å²) in [5, 5.41) is 5.56. The highest BCUT2D eigenvalue weighted by Crippen LogP contribution is 2.49. The van der Waals surface area contributed by atoms with Gasteiger partial charge in [-0.25, -0.2) is 9.59 Å². The number of esters is 1. The molecular formula is C27H42N2O6. The van der Waals surface area contributed by atoms with Gasteiger partial charge in [-0.15, -0.1) is 0 Å². The van der Waals surface area contributed by atoms with E-state index < -0.39 is 12.2 Å². The van der Waals surface area contributed by atoms with E-state index in [2.05, 4.69) is 31.4 Å². The van der Waals surface area contributed by atoms with E-state index in [1.165, 1.54) is 0 Å². The van der Waals surface area contributed by atoms with Crippen molar-refractivity contribution >= 4 is 18.2 Å². The lowest BCUT2D eigenvalue weighted by molar-refractivity contribution is -0.149. The predicted octanol–water partition coefficient (Wildman–Crippen LogP) is 5.20. The maximum atomic E-state index is 12.2. The first-order valence-electron chi connectivity index (χ1n) is 12.5. The maximum Gasteiger partial charge on any atom is 0.407 e. The van der Waals surface area contributed by atoms with E-state index in [4.69, 9.17) is 14.2 Å². The highest BCUT2D eigenvalue weighted by atomic mass is 16.6. The van der Waals surface area contributed by atoms with Crippen LogP contribution in [0.15, 0.2) is 30.3 Å². The minimum absolute atomic E-state index is 0.0692. The first-order chi connectivity index (χ1) is 16.5. The molecule has 2 unspecified atom stereocenters. The fourth-order valence-electron chi connectivity index (χ4n) is 5.22. The summed E-state index contributed by atoms with van der Waals surface area (Å²) in [6.07, 6.45) is 2.46. The highest BCUT2D eigenvalue weighted by molar-refractivity contribution is 5.70. The SMILES string of the molecule is CC(C)OC(=O)CC1CC(C)(C)CC(C)(CNC(=O)OCCCOC(=O)NCc2ccccc2)C1. The number of benzene rings is 1. The van der Waals surface area contributed by atoms with Crippen LogP contribution in [0, 0.1) is 16.7 Å². The fourth-order valence-corrected chi connectivity index (χ4v) is 5.22. The molecule has 2 atom stereocenters. The Morgan fingerprint density at radius 1 is 0.971 bits per heavy atom. The van der Waals surface area contributed by atoms with E-state index >= 15 is 0 Å². The van der Waals surface area contributed by atoms with Gasteiger partial charge in [0.1, 0.15) is 0 Å². The van der Waals surface area contributed by atoms with E-state index in [-0.39, 0.29) is 42.0 Å². The minimum atomic E-state index is -0.502. The molecule has 0 radical (unpaired) electrons. The molecule has 8 nitrogen and oxygen atoms in total. The van der Waals surface area contributed by atoms with Gasteiger partial charge in [-0.3, -0.25) is 4.79 Å². The van der Waals surface area contributed by atoms with Gasteiger partial charge >= 0.3 is 18.2 Å². The topological polar surface area (TPSA) is 103 Å². The molecular weight excluding hydrogens is 448 g/mol. The molecule has 2 rings (SSSR count). The van der Waals surface area contributed by atoms with Crippen molar-refractivity contribution in [2.45, 2.75) is 79.4 Å². The maximum absolute atomic E-state index is 12.2. The number of carbonyl (C=O) groups is 3. The Balaban J connectivity index is 1.65. The van der Waals surface area contributed by atoms with Crippen molar-refractivity contribution in [3.05, 3.63) is 35.9 Å². The van der Waals surface area contributed by atoms with E-state index in [0.717, 1.165) is 24.8 Å². The Kier molecular flexibility index (Phi) is 10.9. The van der Waals surface area contributed by atoms with Crippen LogP contribution in [0.1, 0.15) is 72.3 Å². The molecule has 0 aliphatic heterocycles. The normalized spacial score (nSPS) is 21.1. The van der Waals surface area contributed by atoms with Crippen LogP contribution in [0.5, 0.6) is 0 Å². The number of nitrogens with one attached hydrogen (secondary N) is 2. The lowest BCUT2D eigenvalue weighted by Crippen LogP contribution is -2.44. The molecule has 1 aliphatic rings. The van der Waals surface area contributed by atoms with Crippen LogP contribution in [0.2, 0.25) is 0 Å². The zero-order valence-electron chi connectivity index (χ0n) is 21.9. The van der Waals surface area contributed by atoms with Crippen LogP contribution in [0.25, 0.3) is 0 Å². The molecule has 2 N–H and O–H groups in total. The van der Waals surface area contributed by atoms with E-state index in [1.54, 1.807) is 0 Å². The number of carbonyl (C=O) groups excluding carboxylic acids is 3. The molecule has 1 fully saturated rings. The van der Waals surface area contributed by atoms with Gasteiger partial charge in [-0.2, -0.15) is 0 Å². The molecule has 1 saturated carbocycles.